The van der Waals surface area contributed by atoms with E-state index in [0.29, 0.717) is 0 Å². The van der Waals surface area contributed by atoms with Gasteiger partial charge in [0.05, 0.1) is 0 Å². The second-order valence-corrected chi connectivity index (χ2v) is 26.7. The Hall–Kier alpha value is -10.5. The Morgan fingerprint density at radius 1 is 0.311 bits per heavy atom. The van der Waals surface area contributed by atoms with Crippen molar-refractivity contribution in [1.82, 2.24) is 0 Å². The summed E-state index contributed by atoms with van der Waals surface area (Å²) >= 11 is 1.77. The molecule has 0 spiro atoms. The molecule has 420 valence electrons. The van der Waals surface area contributed by atoms with Gasteiger partial charge in [-0.1, -0.05) is 0 Å². The van der Waals surface area contributed by atoms with E-state index in [1.54, 1.807) is 0 Å². The van der Waals surface area contributed by atoms with Crippen LogP contribution < -0.4 is 61.3 Å². The quantitative estimate of drug-likeness (QED) is 0.126. The molecule has 0 amide bonds. The Morgan fingerprint density at radius 3 is 1.31 bits per heavy atom. The molecule has 0 bridgehead atoms. The second kappa shape index (κ2) is 21.7. The summed E-state index contributed by atoms with van der Waals surface area (Å²) in [4.78, 5) is 12.6. The average Bonchev–Trinajstić information content (AvgIpc) is 0.693. The number of anilines is 12. The van der Waals surface area contributed by atoms with Gasteiger partial charge in [0.2, 0.25) is 0 Å². The van der Waals surface area contributed by atoms with Gasteiger partial charge in [0, 0.05) is 0 Å². The zero-order valence-corrected chi connectivity index (χ0v) is 51.5. The molecule has 0 N–H and O–H groups in total. The maximum atomic E-state index is 2.71. The molecule has 0 saturated carbocycles. The van der Waals surface area contributed by atoms with Crippen molar-refractivity contribution in [2.24, 2.45) is 0 Å². The first kappa shape index (κ1) is 52.6. The van der Waals surface area contributed by atoms with E-state index in [2.05, 4.69) is 347 Å². The molecular weight excluding hydrogens is 1170 g/mol. The maximum absolute atomic E-state index is 2.71. The van der Waals surface area contributed by atoms with Crippen LogP contribution in [-0.4, -0.2) is 28.4 Å². The fourth-order valence-electron chi connectivity index (χ4n) is 14.8. The molecule has 18 rings (SSSR count). The zero-order valence-electron chi connectivity index (χ0n) is 48.9. The van der Waals surface area contributed by atoms with Gasteiger partial charge >= 0.3 is 540 Å². The van der Waals surface area contributed by atoms with Crippen LogP contribution in [-0.2, 0) is 0 Å². The van der Waals surface area contributed by atoms with Crippen molar-refractivity contribution < 1.29 is 0 Å². The van der Waals surface area contributed by atoms with Gasteiger partial charge < -0.3 is 0 Å². The fraction of sp³-hybridized carbons (Fsp3) is 0. The number of benzene rings is 14. The minimum absolute atomic E-state index is 0.0836. The number of nitrogens with zero attached hydrogens (tertiary/aromatic N) is 4. The van der Waals surface area contributed by atoms with Gasteiger partial charge in [0.15, 0.2) is 0 Å². The van der Waals surface area contributed by atoms with Crippen molar-refractivity contribution in [2.75, 3.05) is 19.6 Å². The van der Waals surface area contributed by atoms with Gasteiger partial charge in [-0.25, -0.2) is 0 Å². The molecule has 8 heteroatoms. The van der Waals surface area contributed by atoms with Crippen LogP contribution in [0.25, 0.3) is 33.0 Å². The number of hydrogen-bond acceptors (Lipinski definition) is 5. The first-order valence-corrected chi connectivity index (χ1v) is 33.4. The van der Waals surface area contributed by atoms with Crippen LogP contribution in [0.3, 0.4) is 0 Å². The van der Waals surface area contributed by atoms with Gasteiger partial charge in [0.25, 0.3) is 0 Å². The molecule has 14 aromatic rings. The van der Waals surface area contributed by atoms with Crippen molar-refractivity contribution in [1.29, 1.82) is 0 Å². The van der Waals surface area contributed by atoms with Crippen molar-refractivity contribution in [3.63, 3.8) is 0 Å². The minimum atomic E-state index is -0.213. The van der Waals surface area contributed by atoms with Crippen LogP contribution in [0.15, 0.2) is 337 Å². The number of hydrogen-bond donors (Lipinski definition) is 0. The van der Waals surface area contributed by atoms with Crippen LogP contribution in [0.4, 0.5) is 68.2 Å². The summed E-state index contributed by atoms with van der Waals surface area (Å²) in [5.41, 5.74) is 26.9. The molecule has 4 nitrogen and oxygen atoms in total. The Labute approximate surface area is 536 Å². The SMILES string of the molecule is c1ccc(N(c2ccccc2)c2cc3c4c(c2)N(c2ccccc2)c2ccccc2B4c2cc4c(c(-c5ccccc5-c5cccc6ccccc56)c2S3)[Se]c2cc(N(c3ccccc3)c3ccccc3)cc3c2B4c2ccccc2N3c2ccccc2)cc1. The molecule has 4 aliphatic rings. The molecule has 0 unspecified atom stereocenters. The summed E-state index contributed by atoms with van der Waals surface area (Å²) in [6.45, 7) is -0.187. The Morgan fingerprint density at radius 2 is 0.744 bits per heavy atom. The third kappa shape index (κ3) is 8.47. The monoisotopic (exact) mass is 1230 g/mol. The number of para-hydroxylation sites is 8. The normalized spacial score (nSPS) is 12.9. The first-order valence-electron chi connectivity index (χ1n) is 30.9. The Balaban J connectivity index is 0.963. The summed E-state index contributed by atoms with van der Waals surface area (Å²) in [6.07, 6.45) is 0. The van der Waals surface area contributed by atoms with Crippen LogP contribution >= 0.6 is 11.8 Å². The molecule has 0 atom stereocenters. The average molecular weight is 1230 g/mol. The van der Waals surface area contributed by atoms with Crippen molar-refractivity contribution in [3.05, 3.63) is 328 Å². The van der Waals surface area contributed by atoms with E-state index in [-0.39, 0.29) is 28.4 Å². The number of rotatable bonds is 10. The molecular formula is C82H54B2N4SSe. The summed E-state index contributed by atoms with van der Waals surface area (Å²) in [7, 11) is 0. The van der Waals surface area contributed by atoms with Gasteiger partial charge in [-0.05, 0) is 0 Å². The molecule has 14 aromatic carbocycles. The van der Waals surface area contributed by atoms with E-state index in [1.165, 1.54) is 107 Å². The van der Waals surface area contributed by atoms with E-state index < -0.39 is 0 Å². The Kier molecular flexibility index (Phi) is 12.7. The van der Waals surface area contributed by atoms with Gasteiger partial charge in [0.1, 0.15) is 0 Å². The van der Waals surface area contributed by atoms with E-state index in [4.69, 9.17) is 0 Å². The van der Waals surface area contributed by atoms with Crippen LogP contribution in [0.2, 0.25) is 0 Å². The Bertz CT molecular complexity index is 4770. The summed E-state index contributed by atoms with van der Waals surface area (Å²) in [6, 6.07) is 122. The molecule has 4 aliphatic heterocycles. The predicted molar refractivity (Wildman–Crippen MR) is 385 cm³/mol. The van der Waals surface area contributed by atoms with E-state index in [0.717, 1.165) is 45.5 Å². The topological polar surface area (TPSA) is 13.0 Å². The molecule has 0 fully saturated rings. The third-order valence-corrected chi connectivity index (χ3v) is 22.2. The van der Waals surface area contributed by atoms with Crippen LogP contribution in [0.1, 0.15) is 0 Å². The van der Waals surface area contributed by atoms with Gasteiger partial charge in [-0.2, -0.15) is 0 Å². The van der Waals surface area contributed by atoms with Crippen molar-refractivity contribution in [2.45, 2.75) is 9.79 Å². The first-order chi connectivity index (χ1) is 44.7. The molecule has 0 aliphatic carbocycles. The van der Waals surface area contributed by atoms with E-state index >= 15 is 0 Å². The second-order valence-electron chi connectivity index (χ2n) is 23.5. The standard InChI is InChI=1S/C82H54B2N4SSe/c1-7-30-56(31-8-1)85(57-32-9-2-10-33-57)62-50-74-79-76(52-62)89-81-70(83(79)68-46-23-25-48-72(68)87(74)60-38-15-5-16-39-60)54-71-82(78(81)67-44-22-21-43-66(67)65-45-27-29-55-28-19-20-42-64(55)65)90-77-53-63(86(58-34-11-3-12-35-58)59-36-13-4-14-37-59)51-75-80(77)84(71)69-47-24-26-49-73(69)88(75)61-40-17-6-18-41-61/h1-54H. The van der Waals surface area contributed by atoms with E-state index in [9.17, 15) is 0 Å². The van der Waals surface area contributed by atoms with Crippen LogP contribution in [0.5, 0.6) is 0 Å². The zero-order chi connectivity index (χ0) is 59.2. The molecule has 0 aromatic heterocycles. The van der Waals surface area contributed by atoms with Gasteiger partial charge in [-0.15, -0.1) is 0 Å². The molecule has 0 radical (unpaired) electrons. The van der Waals surface area contributed by atoms with E-state index in [1.807, 2.05) is 11.8 Å². The summed E-state index contributed by atoms with van der Waals surface area (Å²) in [5.74, 6) is 0. The van der Waals surface area contributed by atoms with Gasteiger partial charge in [-0.3, -0.25) is 0 Å². The summed E-state index contributed by atoms with van der Waals surface area (Å²) < 4.78 is 2.82. The van der Waals surface area contributed by atoms with Crippen LogP contribution in [0, 0.1) is 0 Å². The molecule has 4 heterocycles. The van der Waals surface area contributed by atoms with Crippen molar-refractivity contribution >= 4 is 161 Å². The number of fused-ring (bicyclic) bond motifs is 9. The fourth-order valence-corrected chi connectivity index (χ4v) is 19.1. The molecule has 0 saturated heterocycles. The predicted octanol–water partition coefficient (Wildman–Crippen LogP) is 16.1. The van der Waals surface area contributed by atoms with Crippen molar-refractivity contribution in [3.8, 4) is 22.3 Å². The summed E-state index contributed by atoms with van der Waals surface area (Å²) in [5, 5.41) is 2.48. The molecule has 90 heavy (non-hydrogen) atoms. The third-order valence-electron chi connectivity index (χ3n) is 18.5.